The second kappa shape index (κ2) is 11.5. The van der Waals surface area contributed by atoms with Crippen molar-refractivity contribution in [3.05, 3.63) is 84.4 Å². The highest BCUT2D eigenvalue weighted by Crippen LogP contribution is 2.26. The fraction of sp³-hybridized carbons (Fsp3) is 0.321. The van der Waals surface area contributed by atoms with Crippen molar-refractivity contribution in [3.8, 4) is 5.75 Å². The molecule has 1 heterocycles. The number of hydrogen-bond acceptors (Lipinski definition) is 5. The lowest BCUT2D eigenvalue weighted by Crippen LogP contribution is -2.41. The van der Waals surface area contributed by atoms with Crippen LogP contribution in [0.1, 0.15) is 38.3 Å². The van der Waals surface area contributed by atoms with Crippen LogP contribution in [0.25, 0.3) is 0 Å². The number of carbonyl (C=O) groups is 1. The lowest BCUT2D eigenvalue weighted by molar-refractivity contribution is -0.120. The molecule has 4 rings (SSSR count). The van der Waals surface area contributed by atoms with Crippen LogP contribution in [0.4, 0.5) is 11.4 Å². The number of nitrogens with zero attached hydrogens (tertiary/aromatic N) is 2. The first kappa shape index (κ1) is 25.6. The third-order valence-electron chi connectivity index (χ3n) is 6.30. The molecule has 1 aliphatic heterocycles. The molecule has 1 saturated heterocycles. The average Bonchev–Trinajstić information content (AvgIpc) is 3.43. The standard InChI is InChI=1S/C28H33N3O4S/c1-3-35-26-15-17-27(18-16-26)36(33,34)31(25-9-5-4-6-10-25)21-28(32)29-22(2)23-11-13-24(14-12-23)30-19-7-8-20-30/h4-6,9-18,22H,3,7-8,19-21H2,1-2H3,(H,29,32). The van der Waals surface area contributed by atoms with Crippen molar-refractivity contribution in [1.29, 1.82) is 0 Å². The first-order chi connectivity index (χ1) is 17.4. The van der Waals surface area contributed by atoms with Crippen molar-refractivity contribution in [3.63, 3.8) is 0 Å². The van der Waals surface area contributed by atoms with E-state index in [0.29, 0.717) is 18.0 Å². The highest BCUT2D eigenvalue weighted by Gasteiger charge is 2.28. The number of rotatable bonds is 10. The van der Waals surface area contributed by atoms with Gasteiger partial charge in [-0.15, -0.1) is 0 Å². The average molecular weight is 508 g/mol. The summed E-state index contributed by atoms with van der Waals surface area (Å²) < 4.78 is 33.7. The number of ether oxygens (including phenoxy) is 1. The Kier molecular flexibility index (Phi) is 8.15. The van der Waals surface area contributed by atoms with Crippen molar-refractivity contribution >= 4 is 27.3 Å². The molecule has 0 aromatic heterocycles. The Balaban J connectivity index is 1.49. The molecular formula is C28H33N3O4S. The van der Waals surface area contributed by atoms with E-state index >= 15 is 0 Å². The Bertz CT molecular complexity index is 1240. The summed E-state index contributed by atoms with van der Waals surface area (Å²) in [6.45, 7) is 6.06. The van der Waals surface area contributed by atoms with Gasteiger partial charge in [0.1, 0.15) is 12.3 Å². The largest absolute Gasteiger partial charge is 0.494 e. The molecule has 0 saturated carbocycles. The molecule has 36 heavy (non-hydrogen) atoms. The van der Waals surface area contributed by atoms with Crippen LogP contribution in [-0.2, 0) is 14.8 Å². The molecule has 3 aromatic rings. The van der Waals surface area contributed by atoms with Crippen molar-refractivity contribution in [1.82, 2.24) is 5.32 Å². The van der Waals surface area contributed by atoms with Crippen molar-refractivity contribution in [2.45, 2.75) is 37.6 Å². The van der Waals surface area contributed by atoms with E-state index in [9.17, 15) is 13.2 Å². The zero-order valence-corrected chi connectivity index (χ0v) is 21.6. The Hall–Kier alpha value is -3.52. The molecule has 0 aliphatic carbocycles. The molecule has 1 N–H and O–H groups in total. The number of benzene rings is 3. The summed E-state index contributed by atoms with van der Waals surface area (Å²) in [6.07, 6.45) is 2.43. The zero-order valence-electron chi connectivity index (χ0n) is 20.8. The normalized spacial score (nSPS) is 14.3. The molecule has 3 aromatic carbocycles. The summed E-state index contributed by atoms with van der Waals surface area (Å²) in [4.78, 5) is 15.5. The fourth-order valence-electron chi connectivity index (χ4n) is 4.36. The molecule has 0 spiro atoms. The van der Waals surface area contributed by atoms with E-state index in [-0.39, 0.29) is 23.4 Å². The van der Waals surface area contributed by atoms with Gasteiger partial charge in [-0.25, -0.2) is 8.42 Å². The highest BCUT2D eigenvalue weighted by atomic mass is 32.2. The number of para-hydroxylation sites is 1. The van der Waals surface area contributed by atoms with Gasteiger partial charge in [0.05, 0.1) is 23.2 Å². The van der Waals surface area contributed by atoms with Crippen LogP contribution in [-0.4, -0.2) is 40.6 Å². The van der Waals surface area contributed by atoms with Crippen LogP contribution in [0.2, 0.25) is 0 Å². The van der Waals surface area contributed by atoms with E-state index in [4.69, 9.17) is 4.74 Å². The van der Waals surface area contributed by atoms with Crippen LogP contribution < -0.4 is 19.3 Å². The molecule has 8 heteroatoms. The molecule has 7 nitrogen and oxygen atoms in total. The number of carbonyl (C=O) groups excluding carboxylic acids is 1. The Morgan fingerprint density at radius 2 is 1.61 bits per heavy atom. The van der Waals surface area contributed by atoms with Gasteiger partial charge in [-0.1, -0.05) is 30.3 Å². The summed E-state index contributed by atoms with van der Waals surface area (Å²) in [5, 5.41) is 2.96. The topological polar surface area (TPSA) is 79.0 Å². The minimum Gasteiger partial charge on any atom is -0.494 e. The third-order valence-corrected chi connectivity index (χ3v) is 8.08. The second-order valence-corrected chi connectivity index (χ2v) is 10.7. The molecule has 1 fully saturated rings. The van der Waals surface area contributed by atoms with Crippen molar-refractivity contribution in [2.75, 3.05) is 35.4 Å². The van der Waals surface area contributed by atoms with Gasteiger partial charge in [-0.3, -0.25) is 9.10 Å². The molecule has 1 amide bonds. The van der Waals surface area contributed by atoms with E-state index < -0.39 is 10.0 Å². The SMILES string of the molecule is CCOc1ccc(S(=O)(=O)N(CC(=O)NC(C)c2ccc(N3CCCC3)cc2)c2ccccc2)cc1. The molecule has 190 valence electrons. The second-order valence-electron chi connectivity index (χ2n) is 8.83. The zero-order chi connectivity index (χ0) is 25.5. The van der Waals surface area contributed by atoms with Gasteiger partial charge in [-0.05, 0) is 80.8 Å². The quantitative estimate of drug-likeness (QED) is 0.428. The fourth-order valence-corrected chi connectivity index (χ4v) is 5.78. The molecular weight excluding hydrogens is 474 g/mol. The van der Waals surface area contributed by atoms with Gasteiger partial charge < -0.3 is 15.0 Å². The number of sulfonamides is 1. The minimum absolute atomic E-state index is 0.0909. The molecule has 1 atom stereocenters. The van der Waals surface area contributed by atoms with Gasteiger partial charge in [0, 0.05) is 18.8 Å². The van der Waals surface area contributed by atoms with E-state index in [2.05, 4.69) is 22.3 Å². The van der Waals surface area contributed by atoms with Crippen LogP contribution in [0.15, 0.2) is 83.8 Å². The predicted octanol–water partition coefficient (Wildman–Crippen LogP) is 4.76. The number of amides is 1. The van der Waals surface area contributed by atoms with Gasteiger partial charge in [0.15, 0.2) is 0 Å². The first-order valence-corrected chi connectivity index (χ1v) is 13.8. The summed E-state index contributed by atoms with van der Waals surface area (Å²) in [7, 11) is -3.98. The maximum Gasteiger partial charge on any atom is 0.264 e. The van der Waals surface area contributed by atoms with Gasteiger partial charge >= 0.3 is 0 Å². The third kappa shape index (κ3) is 5.99. The van der Waals surface area contributed by atoms with E-state index in [1.807, 2.05) is 26.0 Å². The van der Waals surface area contributed by atoms with Crippen molar-refractivity contribution < 1.29 is 17.9 Å². The summed E-state index contributed by atoms with van der Waals surface area (Å²) in [5.74, 6) is 0.203. The molecule has 0 radical (unpaired) electrons. The maximum atomic E-state index is 13.6. The Morgan fingerprint density at radius 1 is 0.972 bits per heavy atom. The van der Waals surface area contributed by atoms with Gasteiger partial charge in [0.2, 0.25) is 5.91 Å². The van der Waals surface area contributed by atoms with Crippen LogP contribution in [0, 0.1) is 0 Å². The number of anilines is 2. The van der Waals surface area contributed by atoms with E-state index in [0.717, 1.165) is 23.0 Å². The summed E-state index contributed by atoms with van der Waals surface area (Å²) in [6, 6.07) is 22.8. The number of nitrogens with one attached hydrogen (secondary N) is 1. The molecule has 0 bridgehead atoms. The van der Waals surface area contributed by atoms with Gasteiger partial charge in [0.25, 0.3) is 10.0 Å². The van der Waals surface area contributed by atoms with E-state index in [1.54, 1.807) is 42.5 Å². The lowest BCUT2D eigenvalue weighted by atomic mass is 10.1. The highest BCUT2D eigenvalue weighted by molar-refractivity contribution is 7.92. The number of hydrogen-bond donors (Lipinski definition) is 1. The maximum absolute atomic E-state index is 13.6. The molecule has 1 unspecified atom stereocenters. The summed E-state index contributed by atoms with van der Waals surface area (Å²) >= 11 is 0. The predicted molar refractivity (Wildman–Crippen MR) is 143 cm³/mol. The lowest BCUT2D eigenvalue weighted by Gasteiger charge is -2.25. The summed E-state index contributed by atoms with van der Waals surface area (Å²) in [5.41, 5.74) is 2.57. The molecule has 1 aliphatic rings. The first-order valence-electron chi connectivity index (χ1n) is 12.3. The minimum atomic E-state index is -3.98. The van der Waals surface area contributed by atoms with Gasteiger partial charge in [-0.2, -0.15) is 0 Å². The Labute approximate surface area is 213 Å². The van der Waals surface area contributed by atoms with Crippen LogP contribution in [0.3, 0.4) is 0 Å². The Morgan fingerprint density at radius 3 is 2.22 bits per heavy atom. The smallest absolute Gasteiger partial charge is 0.264 e. The van der Waals surface area contributed by atoms with Crippen LogP contribution in [0.5, 0.6) is 5.75 Å². The van der Waals surface area contributed by atoms with E-state index in [1.165, 1.54) is 30.7 Å². The van der Waals surface area contributed by atoms with Crippen LogP contribution >= 0.6 is 0 Å². The van der Waals surface area contributed by atoms with Crippen molar-refractivity contribution in [2.24, 2.45) is 0 Å². The monoisotopic (exact) mass is 507 g/mol.